The summed E-state index contributed by atoms with van der Waals surface area (Å²) in [5.41, 5.74) is 0.498. The van der Waals surface area contributed by atoms with Crippen LogP contribution >= 0.6 is 11.8 Å². The molecule has 0 aliphatic rings. The molecule has 1 aromatic heterocycles. The molecule has 1 amide bonds. The fourth-order valence-electron chi connectivity index (χ4n) is 2.16. The molecule has 0 saturated carbocycles. The maximum absolute atomic E-state index is 11.9. The maximum atomic E-state index is 11.9. The van der Waals surface area contributed by atoms with E-state index in [-0.39, 0.29) is 24.3 Å². The standard InChI is InChI=1S/C19H25N3O4S/c1-19(2,3)18-21-16(26-22-18)9-6-10-17(24)25-12-15(23)20-13-7-5-8-14(11-13)27-4/h5,7-8,11H,6,9-10,12H2,1-4H3,(H,20,23). The number of rotatable bonds is 8. The summed E-state index contributed by atoms with van der Waals surface area (Å²) in [7, 11) is 0. The van der Waals surface area contributed by atoms with Crippen LogP contribution in [0.5, 0.6) is 0 Å². The minimum absolute atomic E-state index is 0.177. The van der Waals surface area contributed by atoms with Gasteiger partial charge < -0.3 is 14.6 Å². The van der Waals surface area contributed by atoms with Crippen LogP contribution in [0.3, 0.4) is 0 Å². The van der Waals surface area contributed by atoms with Gasteiger partial charge in [0.2, 0.25) is 5.89 Å². The number of esters is 1. The molecule has 1 aromatic carbocycles. The highest BCUT2D eigenvalue weighted by atomic mass is 32.2. The third kappa shape index (κ3) is 7.05. The Morgan fingerprint density at radius 3 is 2.74 bits per heavy atom. The molecule has 0 radical (unpaired) electrons. The lowest BCUT2D eigenvalue weighted by Gasteiger charge is -2.10. The van der Waals surface area contributed by atoms with Crippen molar-refractivity contribution in [1.29, 1.82) is 0 Å². The number of nitrogens with one attached hydrogen (secondary N) is 1. The van der Waals surface area contributed by atoms with E-state index in [0.717, 1.165) is 4.90 Å². The highest BCUT2D eigenvalue weighted by molar-refractivity contribution is 7.98. The largest absolute Gasteiger partial charge is 0.456 e. The molecule has 1 N–H and O–H groups in total. The lowest BCUT2D eigenvalue weighted by atomic mass is 9.96. The van der Waals surface area contributed by atoms with Crippen molar-refractivity contribution in [3.05, 3.63) is 36.0 Å². The third-order valence-corrected chi connectivity index (χ3v) is 4.35. The van der Waals surface area contributed by atoms with Gasteiger partial charge in [-0.25, -0.2) is 0 Å². The molecular formula is C19H25N3O4S. The van der Waals surface area contributed by atoms with Gasteiger partial charge in [0, 0.05) is 28.8 Å². The summed E-state index contributed by atoms with van der Waals surface area (Å²) in [4.78, 5) is 29.0. The Morgan fingerprint density at radius 1 is 1.30 bits per heavy atom. The van der Waals surface area contributed by atoms with E-state index < -0.39 is 5.97 Å². The van der Waals surface area contributed by atoms with Gasteiger partial charge in [-0.05, 0) is 30.9 Å². The average molecular weight is 391 g/mol. The van der Waals surface area contributed by atoms with Crippen molar-refractivity contribution in [2.45, 2.75) is 50.3 Å². The Kier molecular flexibility index (Phi) is 7.41. The number of carbonyl (C=O) groups excluding carboxylic acids is 2. The summed E-state index contributed by atoms with van der Waals surface area (Å²) >= 11 is 1.58. The van der Waals surface area contributed by atoms with Crippen molar-refractivity contribution in [3.8, 4) is 0 Å². The van der Waals surface area contributed by atoms with Crippen molar-refractivity contribution in [2.75, 3.05) is 18.2 Å². The van der Waals surface area contributed by atoms with Gasteiger partial charge in [-0.2, -0.15) is 4.98 Å². The lowest BCUT2D eigenvalue weighted by Crippen LogP contribution is -2.20. The van der Waals surface area contributed by atoms with Crippen molar-refractivity contribution < 1.29 is 18.8 Å². The SMILES string of the molecule is CSc1cccc(NC(=O)COC(=O)CCCc2nc(C(C)(C)C)no2)c1. The molecule has 8 heteroatoms. The maximum Gasteiger partial charge on any atom is 0.306 e. The number of nitrogens with zero attached hydrogens (tertiary/aromatic N) is 2. The van der Waals surface area contributed by atoms with E-state index in [2.05, 4.69) is 15.5 Å². The number of ether oxygens (including phenoxy) is 1. The zero-order chi connectivity index (χ0) is 19.9. The van der Waals surface area contributed by atoms with Crippen molar-refractivity contribution >= 4 is 29.3 Å². The second-order valence-electron chi connectivity index (χ2n) is 7.06. The Labute approximate surface area is 163 Å². The number of benzene rings is 1. The number of aromatic nitrogens is 2. The second kappa shape index (κ2) is 9.55. The van der Waals surface area contributed by atoms with Crippen LogP contribution in [-0.2, 0) is 26.2 Å². The number of amides is 1. The van der Waals surface area contributed by atoms with Gasteiger partial charge >= 0.3 is 5.97 Å². The molecular weight excluding hydrogens is 366 g/mol. The fourth-order valence-corrected chi connectivity index (χ4v) is 2.62. The molecule has 2 aromatic rings. The first-order valence-corrected chi connectivity index (χ1v) is 9.93. The summed E-state index contributed by atoms with van der Waals surface area (Å²) in [5, 5.41) is 6.65. The Hall–Kier alpha value is -2.35. The van der Waals surface area contributed by atoms with Gasteiger partial charge in [0.25, 0.3) is 5.91 Å². The molecule has 2 rings (SSSR count). The zero-order valence-electron chi connectivity index (χ0n) is 16.1. The van der Waals surface area contributed by atoms with Crippen LogP contribution in [-0.4, -0.2) is 34.9 Å². The van der Waals surface area contributed by atoms with Gasteiger partial charge in [-0.1, -0.05) is 32.0 Å². The number of carbonyl (C=O) groups is 2. The molecule has 0 unspecified atom stereocenters. The normalized spacial score (nSPS) is 11.3. The Bertz CT molecular complexity index is 783. The number of aryl methyl sites for hydroxylation is 1. The molecule has 0 spiro atoms. The minimum Gasteiger partial charge on any atom is -0.456 e. The molecule has 0 aliphatic carbocycles. The highest BCUT2D eigenvalue weighted by Gasteiger charge is 2.20. The van der Waals surface area contributed by atoms with Crippen LogP contribution in [0.15, 0.2) is 33.7 Å². The summed E-state index contributed by atoms with van der Waals surface area (Å²) in [5.74, 6) is 0.341. The van der Waals surface area contributed by atoms with E-state index in [1.165, 1.54) is 0 Å². The number of hydrogen-bond donors (Lipinski definition) is 1. The number of hydrogen-bond acceptors (Lipinski definition) is 7. The first kappa shape index (κ1) is 21.0. The smallest absolute Gasteiger partial charge is 0.306 e. The first-order chi connectivity index (χ1) is 12.8. The number of anilines is 1. The molecule has 27 heavy (non-hydrogen) atoms. The van der Waals surface area contributed by atoms with E-state index >= 15 is 0 Å². The van der Waals surface area contributed by atoms with Gasteiger partial charge in [-0.15, -0.1) is 11.8 Å². The van der Waals surface area contributed by atoms with Crippen LogP contribution in [0.1, 0.15) is 45.3 Å². The summed E-state index contributed by atoms with van der Waals surface area (Å²) in [6.45, 7) is 5.70. The van der Waals surface area contributed by atoms with Gasteiger partial charge in [0.05, 0.1) is 0 Å². The van der Waals surface area contributed by atoms with Crippen LogP contribution < -0.4 is 5.32 Å². The summed E-state index contributed by atoms with van der Waals surface area (Å²) in [6, 6.07) is 7.46. The van der Waals surface area contributed by atoms with E-state index in [1.54, 1.807) is 17.8 Å². The first-order valence-electron chi connectivity index (χ1n) is 8.70. The fraction of sp³-hybridized carbons (Fsp3) is 0.474. The zero-order valence-corrected chi connectivity index (χ0v) is 16.9. The van der Waals surface area contributed by atoms with Gasteiger partial charge in [0.15, 0.2) is 12.4 Å². The Morgan fingerprint density at radius 2 is 2.07 bits per heavy atom. The molecule has 0 fully saturated rings. The molecule has 1 heterocycles. The molecule has 0 aliphatic heterocycles. The molecule has 0 bridgehead atoms. The third-order valence-electron chi connectivity index (χ3n) is 3.63. The number of thioether (sulfide) groups is 1. The molecule has 7 nitrogen and oxygen atoms in total. The predicted molar refractivity (Wildman–Crippen MR) is 104 cm³/mol. The van der Waals surface area contributed by atoms with Crippen molar-refractivity contribution in [2.24, 2.45) is 0 Å². The van der Waals surface area contributed by atoms with Crippen LogP contribution in [0.4, 0.5) is 5.69 Å². The average Bonchev–Trinajstić information content (AvgIpc) is 3.09. The van der Waals surface area contributed by atoms with Crippen LogP contribution in [0, 0.1) is 0 Å². The van der Waals surface area contributed by atoms with Gasteiger partial charge in [0.1, 0.15) is 0 Å². The minimum atomic E-state index is -0.432. The molecule has 0 atom stereocenters. The van der Waals surface area contributed by atoms with Crippen molar-refractivity contribution in [3.63, 3.8) is 0 Å². The predicted octanol–water partition coefficient (Wildman–Crippen LogP) is 3.59. The van der Waals surface area contributed by atoms with E-state index in [1.807, 2.05) is 45.2 Å². The lowest BCUT2D eigenvalue weighted by molar-refractivity contribution is -0.147. The monoisotopic (exact) mass is 391 g/mol. The van der Waals surface area contributed by atoms with E-state index in [9.17, 15) is 9.59 Å². The molecule has 0 saturated heterocycles. The van der Waals surface area contributed by atoms with Crippen LogP contribution in [0.2, 0.25) is 0 Å². The summed E-state index contributed by atoms with van der Waals surface area (Å²) < 4.78 is 10.2. The molecule has 146 valence electrons. The topological polar surface area (TPSA) is 94.3 Å². The summed E-state index contributed by atoms with van der Waals surface area (Å²) in [6.07, 6.45) is 3.15. The van der Waals surface area contributed by atoms with E-state index in [4.69, 9.17) is 9.26 Å². The Balaban J connectivity index is 1.68. The highest BCUT2D eigenvalue weighted by Crippen LogP contribution is 2.19. The van der Waals surface area contributed by atoms with Crippen LogP contribution in [0.25, 0.3) is 0 Å². The van der Waals surface area contributed by atoms with Gasteiger partial charge in [-0.3, -0.25) is 9.59 Å². The van der Waals surface area contributed by atoms with Crippen molar-refractivity contribution in [1.82, 2.24) is 10.1 Å². The van der Waals surface area contributed by atoms with E-state index in [0.29, 0.717) is 30.2 Å². The second-order valence-corrected chi connectivity index (χ2v) is 7.94. The quantitative estimate of drug-likeness (QED) is 0.543.